The summed E-state index contributed by atoms with van der Waals surface area (Å²) in [6.07, 6.45) is 0. The van der Waals surface area contributed by atoms with Crippen molar-refractivity contribution in [2.45, 2.75) is 0 Å². The maximum Gasteiger partial charge on any atom is 0.0645 e. The molecule has 0 unspecified atom stereocenters. The summed E-state index contributed by atoms with van der Waals surface area (Å²) in [6.45, 7) is 0. The van der Waals surface area contributed by atoms with Gasteiger partial charge in [-0.1, -0.05) is 182 Å². The Morgan fingerprint density at radius 1 is 0.230 bits per heavy atom. The molecular formula is C60H41N. The molecule has 0 radical (unpaired) electrons. The van der Waals surface area contributed by atoms with Crippen molar-refractivity contribution < 1.29 is 5.48 Å². The predicted octanol–water partition coefficient (Wildman–Crippen LogP) is 17.0. The van der Waals surface area contributed by atoms with Crippen molar-refractivity contribution in [1.82, 2.24) is 0 Å². The number of nitrogens with zero attached hydrogens (tertiary/aromatic N) is 1. The van der Waals surface area contributed by atoms with Gasteiger partial charge in [0.05, 0.1) is 5.48 Å². The molecule has 1 nitrogen and oxygen atoms in total. The Morgan fingerprint density at radius 3 is 1.41 bits per heavy atom. The van der Waals surface area contributed by atoms with E-state index in [2.05, 4.69) is 146 Å². The third kappa shape index (κ3) is 7.13. The van der Waals surface area contributed by atoms with Crippen LogP contribution in [0.3, 0.4) is 0 Å². The van der Waals surface area contributed by atoms with E-state index in [9.17, 15) is 5.48 Å². The van der Waals surface area contributed by atoms with Crippen molar-refractivity contribution in [1.29, 1.82) is 0 Å². The van der Waals surface area contributed by atoms with Crippen LogP contribution in [0.15, 0.2) is 249 Å². The Balaban J connectivity index is 1.06. The van der Waals surface area contributed by atoms with Gasteiger partial charge in [0.2, 0.25) is 0 Å². The first-order valence-corrected chi connectivity index (χ1v) is 20.7. The number of fused-ring (bicyclic) bond motifs is 4. The molecule has 286 valence electrons. The highest BCUT2D eigenvalue weighted by Crippen LogP contribution is 2.40. The van der Waals surface area contributed by atoms with E-state index in [-0.39, 0.29) is 35.4 Å². The molecule has 0 N–H and O–H groups in total. The number of rotatable bonds is 8. The van der Waals surface area contributed by atoms with Gasteiger partial charge in [0.25, 0.3) is 0 Å². The van der Waals surface area contributed by atoms with Crippen molar-refractivity contribution in [2.75, 3.05) is 4.90 Å². The highest BCUT2D eigenvalue weighted by molar-refractivity contribution is 6.08. The molecule has 61 heavy (non-hydrogen) atoms. The van der Waals surface area contributed by atoms with Crippen molar-refractivity contribution in [2.24, 2.45) is 0 Å². The Kier molecular flexibility index (Phi) is 8.18. The van der Waals surface area contributed by atoms with E-state index in [1.807, 2.05) is 83.8 Å². The van der Waals surface area contributed by atoms with E-state index < -0.39 is 0 Å². The third-order valence-electron chi connectivity index (χ3n) is 11.7. The number of hydrogen-bond donors (Lipinski definition) is 0. The van der Waals surface area contributed by atoms with Crippen LogP contribution in [0, 0.1) is 0 Å². The minimum atomic E-state index is -0.122. The van der Waals surface area contributed by atoms with Gasteiger partial charge in [0.1, 0.15) is 0 Å². The second kappa shape index (κ2) is 15.6. The summed E-state index contributed by atoms with van der Waals surface area (Å²) in [4.78, 5) is 1.88. The molecule has 0 bridgehead atoms. The molecule has 11 rings (SSSR count). The number of benzene rings is 11. The Morgan fingerprint density at radius 2 is 0.705 bits per heavy atom. The second-order valence-corrected chi connectivity index (χ2v) is 15.5. The Bertz CT molecular complexity index is 3500. The molecule has 0 fully saturated rings. The summed E-state index contributed by atoms with van der Waals surface area (Å²) in [5.74, 6) is 0. The number of anilines is 3. The van der Waals surface area contributed by atoms with Crippen LogP contribution >= 0.6 is 0 Å². The highest BCUT2D eigenvalue weighted by atomic mass is 15.1. The average Bonchev–Trinajstić information content (AvgIpc) is 3.37. The van der Waals surface area contributed by atoms with Gasteiger partial charge in [0, 0.05) is 17.1 Å². The maximum atomic E-state index is 9.69. The standard InChI is InChI=1S/C60H41N/c1-3-12-42(13-4-1)53-38-54(43-14-5-2-6-15-43)40-55(39-53)46-28-33-57(34-29-46)61(58-20-11-19-49(41-58)51-24-22-44-16-7-8-18-48(44)36-51)56-31-26-45(27-32-56)50-30-35-60-52(37-50)25-23-47-17-9-10-21-59(47)60/h1-41H/i26D,27D,31D,32D. The van der Waals surface area contributed by atoms with Gasteiger partial charge in [0.15, 0.2) is 0 Å². The lowest BCUT2D eigenvalue weighted by atomic mass is 9.93. The monoisotopic (exact) mass is 779 g/mol. The molecule has 0 heterocycles. The minimum absolute atomic E-state index is 0.0976. The average molecular weight is 780 g/mol. The van der Waals surface area contributed by atoms with Crippen LogP contribution in [0.4, 0.5) is 17.1 Å². The van der Waals surface area contributed by atoms with Crippen molar-refractivity contribution in [3.05, 3.63) is 249 Å². The molecule has 0 spiro atoms. The molecule has 0 amide bonds. The molecule has 0 aliphatic rings. The van der Waals surface area contributed by atoms with Gasteiger partial charge in [-0.15, -0.1) is 0 Å². The van der Waals surface area contributed by atoms with Crippen molar-refractivity contribution >= 4 is 49.4 Å². The molecule has 0 saturated carbocycles. The van der Waals surface area contributed by atoms with Crippen molar-refractivity contribution in [3.8, 4) is 55.6 Å². The lowest BCUT2D eigenvalue weighted by Gasteiger charge is -2.26. The van der Waals surface area contributed by atoms with E-state index in [1.54, 1.807) is 0 Å². The fraction of sp³-hybridized carbons (Fsp3) is 0. The topological polar surface area (TPSA) is 3.24 Å². The Hall–Kier alpha value is -8.00. The summed E-state index contributed by atoms with van der Waals surface area (Å²) < 4.78 is 38.4. The SMILES string of the molecule is [2H]c1c([2H])c(N(c2ccc(-c3cc(-c4ccccc4)cc(-c4ccccc4)c3)cc2)c2cccc(-c3ccc4ccccc4c3)c2)c([2H])c([2H])c1-c1ccc2c(ccc3ccccc32)c1. The van der Waals surface area contributed by atoms with E-state index in [1.165, 1.54) is 0 Å². The summed E-state index contributed by atoms with van der Waals surface area (Å²) in [6, 6.07) is 76.4. The zero-order chi connectivity index (χ0) is 44.0. The second-order valence-electron chi connectivity index (χ2n) is 15.5. The molecule has 0 saturated heterocycles. The first kappa shape index (κ1) is 31.9. The summed E-state index contributed by atoms with van der Waals surface area (Å²) in [5, 5.41) is 6.59. The highest BCUT2D eigenvalue weighted by Gasteiger charge is 2.16. The molecule has 11 aromatic carbocycles. The molecule has 0 atom stereocenters. The van der Waals surface area contributed by atoms with Gasteiger partial charge < -0.3 is 4.90 Å². The third-order valence-corrected chi connectivity index (χ3v) is 11.7. The van der Waals surface area contributed by atoms with Gasteiger partial charge >= 0.3 is 0 Å². The van der Waals surface area contributed by atoms with E-state index in [0.29, 0.717) is 16.9 Å². The lowest BCUT2D eigenvalue weighted by Crippen LogP contribution is -2.10. The summed E-state index contributed by atoms with van der Waals surface area (Å²) in [5.41, 5.74) is 11.1. The largest absolute Gasteiger partial charge is 0.310 e. The van der Waals surface area contributed by atoms with Crippen LogP contribution in [0.5, 0.6) is 0 Å². The lowest BCUT2D eigenvalue weighted by molar-refractivity contribution is 1.28. The fourth-order valence-electron chi connectivity index (χ4n) is 8.52. The van der Waals surface area contributed by atoms with Crippen LogP contribution in [0.25, 0.3) is 88.0 Å². The maximum absolute atomic E-state index is 9.69. The van der Waals surface area contributed by atoms with Crippen LogP contribution in [-0.2, 0) is 0 Å². The van der Waals surface area contributed by atoms with Crippen LogP contribution < -0.4 is 4.90 Å². The first-order valence-electron chi connectivity index (χ1n) is 22.7. The first-order chi connectivity index (χ1) is 31.9. The van der Waals surface area contributed by atoms with Gasteiger partial charge in [-0.3, -0.25) is 0 Å². The quantitative estimate of drug-likeness (QED) is 0.139. The summed E-state index contributed by atoms with van der Waals surface area (Å²) in [7, 11) is 0. The number of hydrogen-bond acceptors (Lipinski definition) is 1. The van der Waals surface area contributed by atoms with Gasteiger partial charge in [-0.2, -0.15) is 0 Å². The molecule has 0 aromatic heterocycles. The zero-order valence-corrected chi connectivity index (χ0v) is 33.3. The zero-order valence-electron chi connectivity index (χ0n) is 37.3. The van der Waals surface area contributed by atoms with Gasteiger partial charge in [-0.05, 0) is 155 Å². The van der Waals surface area contributed by atoms with Crippen LogP contribution in [-0.4, -0.2) is 0 Å². The normalized spacial score (nSPS) is 12.2. The van der Waals surface area contributed by atoms with Crippen LogP contribution in [0.2, 0.25) is 0 Å². The predicted molar refractivity (Wildman–Crippen MR) is 261 cm³/mol. The molecule has 11 aromatic rings. The molecule has 0 aliphatic heterocycles. The van der Waals surface area contributed by atoms with E-state index in [4.69, 9.17) is 0 Å². The smallest absolute Gasteiger partial charge is 0.0645 e. The van der Waals surface area contributed by atoms with Gasteiger partial charge in [-0.25, -0.2) is 0 Å². The molecular weight excluding hydrogens is 735 g/mol. The fourth-order valence-corrected chi connectivity index (χ4v) is 8.52. The summed E-state index contributed by atoms with van der Waals surface area (Å²) >= 11 is 0. The van der Waals surface area contributed by atoms with E-state index in [0.717, 1.165) is 76.8 Å². The Labute approximate surface area is 362 Å². The van der Waals surface area contributed by atoms with Crippen LogP contribution in [0.1, 0.15) is 5.48 Å². The van der Waals surface area contributed by atoms with E-state index >= 15 is 0 Å². The molecule has 0 aliphatic carbocycles. The minimum Gasteiger partial charge on any atom is -0.310 e. The molecule has 1 heteroatoms. The van der Waals surface area contributed by atoms with Crippen molar-refractivity contribution in [3.63, 3.8) is 0 Å².